The molecule has 5 aromatic rings. The van der Waals surface area contributed by atoms with Gasteiger partial charge in [0.15, 0.2) is 18.0 Å². The number of phosphoric ester groups is 1. The predicted molar refractivity (Wildman–Crippen MR) is 245 cm³/mol. The van der Waals surface area contributed by atoms with Crippen LogP contribution in [0.2, 0.25) is 0 Å². The summed E-state index contributed by atoms with van der Waals surface area (Å²) in [6.45, 7) is 2.71. The number of phosphoric acid groups is 3. The Labute approximate surface area is 392 Å². The van der Waals surface area contributed by atoms with Crippen LogP contribution in [0.3, 0.4) is 0 Å². The molecular formula is C39H49N7O19P3S+. The number of aromatic amines is 1. The molecule has 1 saturated heterocycles. The number of aliphatic hydroxyl groups is 1. The van der Waals surface area contributed by atoms with Crippen molar-refractivity contribution in [3.05, 3.63) is 81.3 Å². The van der Waals surface area contributed by atoms with Gasteiger partial charge in [-0.2, -0.15) is 22.0 Å². The average Bonchev–Trinajstić information content (AvgIpc) is 3.80. The first-order chi connectivity index (χ1) is 32.4. The highest BCUT2D eigenvalue weighted by atomic mass is 32.2. The molecule has 0 saturated carbocycles. The number of rotatable bonds is 22. The van der Waals surface area contributed by atoms with E-state index in [1.165, 1.54) is 10.8 Å². The third-order valence-electron chi connectivity index (χ3n) is 10.4. The Morgan fingerprint density at radius 3 is 2.49 bits per heavy atom. The molecule has 1 aliphatic heterocycles. The Kier molecular flexibility index (Phi) is 17.2. The maximum atomic E-state index is 13.0. The lowest BCUT2D eigenvalue weighted by atomic mass is 10.1. The molecule has 374 valence electrons. The van der Waals surface area contributed by atoms with Crippen molar-refractivity contribution in [1.82, 2.24) is 19.9 Å². The maximum Gasteiger partial charge on any atom is 0.490 e. The Bertz CT molecular complexity index is 3130. The van der Waals surface area contributed by atoms with Crippen molar-refractivity contribution in [2.45, 2.75) is 70.4 Å². The molecule has 1 fully saturated rings. The molecule has 30 heteroatoms. The van der Waals surface area contributed by atoms with Crippen LogP contribution in [0.1, 0.15) is 57.2 Å². The standard InChI is InChI=1S/C39H48N7O19P3S/c1-2-45(28-11-10-26-20-29(38(50)63-31(26)21-28)25-12-17-44(18-13-25)15-7-19-69(58,59)60)16-5-3-4-9-33(48)41-14-6-8-27-23-46(36-35(27)37(49)43-39(40)42-36)34-22-30(47)32(62-34)24-61-67(54,55)65-68(56,57)64-66(51,52)53/h10-13,17-18,20-21,23,30,32,34,47H,2-5,7,9,14-16,19,22,24H2,1H3,(H8-,40,41,42,43,48,49,51,52,53,54,55,56,57,58,59,60)/p+1/t30-,32+,34+/m0/s1. The SMILES string of the molecule is CCN(CCCCCC(=O)NCC#Cc1cn([C@H]2C[C@H](O)[C@@H](COP(=O)(O)OP(=O)(O)OP(=O)(O)O)O2)c2nc(N)[nH]c(=O)c12)c1ccc2cc(-c3cc[n+](CCCS(=O)(=O)O)cc3)c(=O)oc2c1. The number of nitrogen functional groups attached to an aromatic ring is 1. The van der Waals surface area contributed by atoms with Crippen LogP contribution >= 0.6 is 23.5 Å². The minimum absolute atomic E-state index is 0.00398. The summed E-state index contributed by atoms with van der Waals surface area (Å²) in [6, 6.07) is 10.8. The van der Waals surface area contributed by atoms with Crippen molar-refractivity contribution in [3.63, 3.8) is 0 Å². The molecule has 26 nitrogen and oxygen atoms in total. The fraction of sp³-hybridized carbons (Fsp3) is 0.410. The van der Waals surface area contributed by atoms with Gasteiger partial charge in [0.25, 0.3) is 15.7 Å². The molecule has 0 radical (unpaired) electrons. The normalized spacial score (nSPS) is 18.1. The first-order valence-electron chi connectivity index (χ1n) is 20.9. The number of aromatic nitrogens is 4. The molecule has 2 unspecified atom stereocenters. The number of ether oxygens (including phenoxy) is 1. The Morgan fingerprint density at radius 1 is 1.06 bits per heavy atom. The van der Waals surface area contributed by atoms with Crippen molar-refractivity contribution in [2.75, 3.05) is 42.6 Å². The summed E-state index contributed by atoms with van der Waals surface area (Å²) < 4.78 is 92.2. The summed E-state index contributed by atoms with van der Waals surface area (Å²) in [5.41, 5.74) is 7.03. The number of nitrogens with one attached hydrogen (secondary N) is 2. The van der Waals surface area contributed by atoms with E-state index >= 15 is 0 Å². The second kappa shape index (κ2) is 22.3. The number of hydrogen-bond donors (Lipinski definition) is 9. The molecule has 6 rings (SSSR count). The summed E-state index contributed by atoms with van der Waals surface area (Å²) in [5, 5.41) is 14.1. The molecule has 0 aliphatic carbocycles. The van der Waals surface area contributed by atoms with E-state index in [0.29, 0.717) is 42.8 Å². The number of carbonyl (C=O) groups is 1. The van der Waals surface area contributed by atoms with E-state index in [-0.39, 0.29) is 60.0 Å². The van der Waals surface area contributed by atoms with E-state index in [9.17, 15) is 51.4 Å². The number of fused-ring (bicyclic) bond motifs is 2. The third-order valence-corrected chi connectivity index (χ3v) is 15.1. The molecule has 4 aromatic heterocycles. The van der Waals surface area contributed by atoms with E-state index in [1.54, 1.807) is 35.2 Å². The number of aliphatic hydroxyl groups excluding tert-OH is 1. The van der Waals surface area contributed by atoms with Crippen LogP contribution in [0.15, 0.2) is 69.0 Å². The van der Waals surface area contributed by atoms with E-state index < -0.39 is 69.8 Å². The number of unbranched alkanes of at least 4 members (excludes halogenated alkanes) is 2. The van der Waals surface area contributed by atoms with Gasteiger partial charge in [0, 0.05) is 73.4 Å². The number of benzene rings is 1. The van der Waals surface area contributed by atoms with Crippen LogP contribution < -0.4 is 31.7 Å². The first kappa shape index (κ1) is 53.2. The van der Waals surface area contributed by atoms with E-state index in [4.69, 9.17) is 29.2 Å². The van der Waals surface area contributed by atoms with E-state index in [2.05, 4.69) is 45.2 Å². The minimum Gasteiger partial charge on any atom is -0.422 e. The number of carbonyl (C=O) groups excluding carboxylic acids is 1. The number of nitrogens with two attached hydrogens (primary N) is 1. The second-order valence-electron chi connectivity index (χ2n) is 15.5. The van der Waals surface area contributed by atoms with Crippen LogP contribution in [0.4, 0.5) is 11.6 Å². The van der Waals surface area contributed by atoms with Crippen molar-refractivity contribution < 1.29 is 83.0 Å². The monoisotopic (exact) mass is 1040 g/mol. The lowest BCUT2D eigenvalue weighted by Gasteiger charge is -2.23. The average molecular weight is 1040 g/mol. The fourth-order valence-corrected chi connectivity index (χ4v) is 10.8. The number of amides is 1. The molecule has 5 atom stereocenters. The van der Waals surface area contributed by atoms with Crippen LogP contribution in [0.25, 0.3) is 33.1 Å². The molecule has 1 amide bonds. The van der Waals surface area contributed by atoms with Gasteiger partial charge in [-0.25, -0.2) is 23.1 Å². The number of nitrogens with zero attached hydrogens (tertiary/aromatic N) is 4. The number of aryl methyl sites for hydroxylation is 1. The highest BCUT2D eigenvalue weighted by Crippen LogP contribution is 2.66. The van der Waals surface area contributed by atoms with Gasteiger partial charge in [-0.15, -0.1) is 0 Å². The number of pyridine rings is 1. The minimum atomic E-state index is -5.78. The quantitative estimate of drug-likeness (QED) is 0.0120. The zero-order valence-electron chi connectivity index (χ0n) is 36.5. The van der Waals surface area contributed by atoms with Crippen molar-refractivity contribution in [3.8, 4) is 23.0 Å². The summed E-state index contributed by atoms with van der Waals surface area (Å²) in [4.78, 5) is 83.9. The van der Waals surface area contributed by atoms with Crippen molar-refractivity contribution in [1.29, 1.82) is 0 Å². The molecule has 10 N–H and O–H groups in total. The third kappa shape index (κ3) is 15.2. The highest BCUT2D eigenvalue weighted by Gasteiger charge is 2.43. The summed E-state index contributed by atoms with van der Waals surface area (Å²) in [7, 11) is -21.0. The second-order valence-corrected chi connectivity index (χ2v) is 21.5. The van der Waals surface area contributed by atoms with E-state index in [1.807, 2.05) is 25.1 Å². The largest absolute Gasteiger partial charge is 0.490 e. The van der Waals surface area contributed by atoms with Crippen LogP contribution in [-0.2, 0) is 53.0 Å². The molecule has 1 aliphatic rings. The van der Waals surface area contributed by atoms with Crippen LogP contribution in [0, 0.1) is 11.8 Å². The van der Waals surface area contributed by atoms with Crippen molar-refractivity contribution in [2.24, 2.45) is 0 Å². The first-order valence-corrected chi connectivity index (χ1v) is 27.1. The lowest BCUT2D eigenvalue weighted by molar-refractivity contribution is -0.696. The van der Waals surface area contributed by atoms with Crippen molar-refractivity contribution >= 4 is 73.1 Å². The van der Waals surface area contributed by atoms with Gasteiger partial charge in [0.2, 0.25) is 11.9 Å². The Hall–Kier alpha value is -5.13. The van der Waals surface area contributed by atoms with Gasteiger partial charge >= 0.3 is 29.1 Å². The summed E-state index contributed by atoms with van der Waals surface area (Å²) in [5.74, 6) is 4.73. The molecule has 0 bridgehead atoms. The number of anilines is 2. The van der Waals surface area contributed by atoms with Gasteiger partial charge < -0.3 is 54.4 Å². The summed E-state index contributed by atoms with van der Waals surface area (Å²) in [6.07, 6.45) is 3.30. The molecule has 69 heavy (non-hydrogen) atoms. The van der Waals surface area contributed by atoms with Crippen LogP contribution in [-0.4, -0.2) is 102 Å². The smallest absolute Gasteiger partial charge is 0.422 e. The number of H-pyrrole nitrogens is 1. The zero-order chi connectivity index (χ0) is 50.3. The van der Waals surface area contributed by atoms with Gasteiger partial charge in [-0.3, -0.25) is 23.6 Å². The lowest BCUT2D eigenvalue weighted by Crippen LogP contribution is -2.33. The van der Waals surface area contributed by atoms with Crippen LogP contribution in [0.5, 0.6) is 0 Å². The van der Waals surface area contributed by atoms with Gasteiger partial charge in [-0.05, 0) is 38.0 Å². The number of hydrogen-bond acceptors (Lipinski definition) is 17. The van der Waals surface area contributed by atoms with Gasteiger partial charge in [0.05, 0.1) is 41.5 Å². The highest BCUT2D eigenvalue weighted by molar-refractivity contribution is 7.85. The predicted octanol–water partition coefficient (Wildman–Crippen LogP) is 2.19. The molecule has 1 aromatic carbocycles. The van der Waals surface area contributed by atoms with E-state index in [0.717, 1.165) is 23.9 Å². The van der Waals surface area contributed by atoms with Gasteiger partial charge in [-0.1, -0.05) is 18.3 Å². The maximum absolute atomic E-state index is 13.0. The summed E-state index contributed by atoms with van der Waals surface area (Å²) >= 11 is 0. The van der Waals surface area contributed by atoms with Gasteiger partial charge in [0.1, 0.15) is 24.5 Å². The molecular weight excluding hydrogens is 995 g/mol. The Morgan fingerprint density at radius 2 is 1.80 bits per heavy atom. The fourth-order valence-electron chi connectivity index (χ4n) is 7.31. The Balaban J connectivity index is 0.976. The molecule has 5 heterocycles. The molecule has 0 spiro atoms. The zero-order valence-corrected chi connectivity index (χ0v) is 40.0. The topological polar surface area (TPSA) is 387 Å².